The third kappa shape index (κ3) is 6.04. The summed E-state index contributed by atoms with van der Waals surface area (Å²) in [6, 6.07) is 23.2. The standard InChI is InChI=1S/C23H25N2OS.C7H8O3S/c1-5-24-18(9-8-17-13-16(3)7-11-20(17)24)14-23-25(6-2)21-15-19(26-4)10-12-22(21)27-23;1-6-2-4-7(5-3-6)11(8,9)10/h7-15H,5-6H2,1-4H3;2-5H,1H3,(H,8,9,10)/q+1;/p-1. The minimum atomic E-state index is -4.27. The van der Waals surface area contributed by atoms with Crippen LogP contribution in [0.5, 0.6) is 5.75 Å². The van der Waals surface area contributed by atoms with Gasteiger partial charge in [-0.15, -0.1) is 0 Å². The third-order valence-corrected chi connectivity index (χ3v) is 8.33. The van der Waals surface area contributed by atoms with E-state index in [9.17, 15) is 13.0 Å². The molecule has 38 heavy (non-hydrogen) atoms. The van der Waals surface area contributed by atoms with Gasteiger partial charge in [0.1, 0.15) is 22.4 Å². The molecule has 0 spiro atoms. The first kappa shape index (κ1) is 27.7. The summed E-state index contributed by atoms with van der Waals surface area (Å²) in [5.74, 6) is 0.902. The highest BCUT2D eigenvalue weighted by atomic mass is 32.2. The number of methoxy groups -OCH3 is 1. The van der Waals surface area contributed by atoms with Gasteiger partial charge in [-0.05, 0) is 64.1 Å². The average Bonchev–Trinajstić information content (AvgIpc) is 3.24. The van der Waals surface area contributed by atoms with Gasteiger partial charge < -0.3 is 14.2 Å². The summed E-state index contributed by atoms with van der Waals surface area (Å²) in [7, 11) is -2.55. The molecular weight excluding hydrogens is 516 g/mol. The van der Waals surface area contributed by atoms with Gasteiger partial charge in [0.15, 0.2) is 0 Å². The number of benzene rings is 3. The van der Waals surface area contributed by atoms with Gasteiger partial charge in [0.25, 0.3) is 0 Å². The number of thioether (sulfide) groups is 1. The van der Waals surface area contributed by atoms with E-state index in [0.29, 0.717) is 0 Å². The molecule has 0 N–H and O–H groups in total. The maximum Gasteiger partial charge on any atom is 0.212 e. The van der Waals surface area contributed by atoms with Gasteiger partial charge in [0, 0.05) is 41.1 Å². The Morgan fingerprint density at radius 1 is 0.947 bits per heavy atom. The van der Waals surface area contributed by atoms with Gasteiger partial charge >= 0.3 is 0 Å². The van der Waals surface area contributed by atoms with Gasteiger partial charge in [0.05, 0.1) is 22.7 Å². The molecule has 0 fully saturated rings. The number of hydrogen-bond donors (Lipinski definition) is 0. The zero-order chi connectivity index (χ0) is 27.4. The molecule has 4 aromatic rings. The lowest BCUT2D eigenvalue weighted by molar-refractivity contribution is -0.669. The molecular formula is C30H32N2O4S2. The van der Waals surface area contributed by atoms with Crippen molar-refractivity contribution in [2.75, 3.05) is 18.6 Å². The topological polar surface area (TPSA) is 73.5 Å². The van der Waals surface area contributed by atoms with Crippen LogP contribution >= 0.6 is 11.8 Å². The summed E-state index contributed by atoms with van der Waals surface area (Å²) < 4.78 is 39.0. The van der Waals surface area contributed by atoms with E-state index in [1.807, 2.05) is 24.8 Å². The zero-order valence-corrected chi connectivity index (χ0v) is 23.9. The number of aromatic nitrogens is 1. The number of anilines is 1. The van der Waals surface area contributed by atoms with E-state index >= 15 is 0 Å². The molecule has 0 amide bonds. The number of rotatable bonds is 5. The van der Waals surface area contributed by atoms with Crippen molar-refractivity contribution in [2.24, 2.45) is 0 Å². The Morgan fingerprint density at radius 3 is 2.29 bits per heavy atom. The Labute approximate surface area is 229 Å². The van der Waals surface area contributed by atoms with Gasteiger partial charge in [-0.3, -0.25) is 0 Å². The van der Waals surface area contributed by atoms with Crippen molar-refractivity contribution < 1.29 is 22.3 Å². The van der Waals surface area contributed by atoms with E-state index < -0.39 is 10.1 Å². The highest BCUT2D eigenvalue weighted by Gasteiger charge is 2.26. The first-order valence-corrected chi connectivity index (χ1v) is 14.7. The van der Waals surface area contributed by atoms with Crippen LogP contribution in [-0.4, -0.2) is 26.6 Å². The lowest BCUT2D eigenvalue weighted by Crippen LogP contribution is -2.37. The van der Waals surface area contributed by atoms with E-state index in [1.54, 1.807) is 19.2 Å². The van der Waals surface area contributed by atoms with Crippen LogP contribution < -0.4 is 14.2 Å². The summed E-state index contributed by atoms with van der Waals surface area (Å²) >= 11 is 1.83. The van der Waals surface area contributed by atoms with Crippen molar-refractivity contribution in [3.8, 4) is 5.75 Å². The molecule has 198 valence electrons. The fraction of sp³-hybridized carbons (Fsp3) is 0.233. The Kier molecular flexibility index (Phi) is 8.45. The van der Waals surface area contributed by atoms with Crippen molar-refractivity contribution in [3.05, 3.63) is 94.6 Å². The molecule has 1 aromatic heterocycles. The normalized spacial score (nSPS) is 13.8. The number of hydrogen-bond acceptors (Lipinski definition) is 6. The second-order valence-electron chi connectivity index (χ2n) is 8.99. The smallest absolute Gasteiger partial charge is 0.212 e. The molecule has 0 unspecified atom stereocenters. The van der Waals surface area contributed by atoms with Gasteiger partial charge in [-0.1, -0.05) is 41.1 Å². The van der Waals surface area contributed by atoms with E-state index in [0.717, 1.165) is 24.4 Å². The Balaban J connectivity index is 0.000000257. The summed E-state index contributed by atoms with van der Waals surface area (Å²) in [5.41, 5.74) is 5.96. The fourth-order valence-corrected chi connectivity index (χ4v) is 6.03. The SMILES string of the molecule is CCN1/C(=C/c2ccc3cc(C)ccc3[n+]2CC)Sc2ccc(OC)cc21.Cc1ccc(S(=O)(=O)[O-])cc1. The molecule has 0 saturated carbocycles. The first-order valence-electron chi connectivity index (χ1n) is 12.5. The van der Waals surface area contributed by atoms with Crippen LogP contribution in [-0.2, 0) is 16.7 Å². The summed E-state index contributed by atoms with van der Waals surface area (Å²) in [5, 5.41) is 2.55. The Bertz CT molecular complexity index is 1600. The lowest BCUT2D eigenvalue weighted by atomic mass is 10.1. The number of pyridine rings is 1. The van der Waals surface area contributed by atoms with Crippen molar-refractivity contribution in [2.45, 2.75) is 44.0 Å². The molecule has 2 heterocycles. The molecule has 0 bridgehead atoms. The molecule has 5 rings (SSSR count). The Hall–Kier alpha value is -3.33. The largest absolute Gasteiger partial charge is 0.744 e. The molecule has 8 heteroatoms. The van der Waals surface area contributed by atoms with Crippen LogP contribution in [0.25, 0.3) is 17.0 Å². The number of ether oxygens (including phenoxy) is 1. The van der Waals surface area contributed by atoms with E-state index in [-0.39, 0.29) is 4.90 Å². The summed E-state index contributed by atoms with van der Waals surface area (Å²) in [4.78, 5) is 3.47. The fourth-order valence-electron chi connectivity index (χ4n) is 4.41. The monoisotopic (exact) mass is 548 g/mol. The van der Waals surface area contributed by atoms with Crippen LogP contribution in [0.4, 0.5) is 5.69 Å². The molecule has 3 aromatic carbocycles. The number of nitrogens with zero attached hydrogens (tertiary/aromatic N) is 2. The highest BCUT2D eigenvalue weighted by Crippen LogP contribution is 2.47. The first-order chi connectivity index (χ1) is 18.1. The molecule has 6 nitrogen and oxygen atoms in total. The van der Waals surface area contributed by atoms with Crippen molar-refractivity contribution in [3.63, 3.8) is 0 Å². The predicted octanol–water partition coefficient (Wildman–Crippen LogP) is 6.29. The van der Waals surface area contributed by atoms with E-state index in [1.165, 1.54) is 49.9 Å². The van der Waals surface area contributed by atoms with Gasteiger partial charge in [-0.25, -0.2) is 8.42 Å². The zero-order valence-electron chi connectivity index (χ0n) is 22.3. The molecule has 1 aliphatic heterocycles. The van der Waals surface area contributed by atoms with Crippen LogP contribution in [0.3, 0.4) is 0 Å². The summed E-state index contributed by atoms with van der Waals surface area (Å²) in [6.45, 7) is 10.2. The second-order valence-corrected chi connectivity index (χ2v) is 11.4. The number of aryl methyl sites for hydroxylation is 3. The average molecular weight is 549 g/mol. The van der Waals surface area contributed by atoms with Crippen LogP contribution in [0.2, 0.25) is 0 Å². The highest BCUT2D eigenvalue weighted by molar-refractivity contribution is 8.03. The number of fused-ring (bicyclic) bond motifs is 2. The van der Waals surface area contributed by atoms with Crippen LogP contribution in [0, 0.1) is 13.8 Å². The molecule has 0 saturated heterocycles. The van der Waals surface area contributed by atoms with Crippen molar-refractivity contribution in [1.82, 2.24) is 0 Å². The molecule has 0 atom stereocenters. The summed E-state index contributed by atoms with van der Waals surface area (Å²) in [6.07, 6.45) is 2.31. The minimum Gasteiger partial charge on any atom is -0.744 e. The molecule has 0 radical (unpaired) electrons. The second kappa shape index (κ2) is 11.6. The van der Waals surface area contributed by atoms with Crippen LogP contribution in [0.15, 0.2) is 87.6 Å². The molecule has 1 aliphatic rings. The third-order valence-electron chi connectivity index (χ3n) is 6.37. The maximum absolute atomic E-state index is 10.4. The van der Waals surface area contributed by atoms with E-state index in [4.69, 9.17) is 4.74 Å². The van der Waals surface area contributed by atoms with Gasteiger partial charge in [-0.2, -0.15) is 4.57 Å². The minimum absolute atomic E-state index is 0.178. The predicted molar refractivity (Wildman–Crippen MR) is 154 cm³/mol. The van der Waals surface area contributed by atoms with Crippen LogP contribution in [0.1, 0.15) is 30.7 Å². The van der Waals surface area contributed by atoms with Crippen molar-refractivity contribution in [1.29, 1.82) is 0 Å². The van der Waals surface area contributed by atoms with E-state index in [2.05, 4.69) is 78.8 Å². The quantitative estimate of drug-likeness (QED) is 0.215. The van der Waals surface area contributed by atoms with Crippen molar-refractivity contribution >= 4 is 44.5 Å². The Morgan fingerprint density at radius 2 is 1.66 bits per heavy atom. The van der Waals surface area contributed by atoms with Gasteiger partial charge in [0.2, 0.25) is 11.2 Å². The maximum atomic E-state index is 10.4. The lowest BCUT2D eigenvalue weighted by Gasteiger charge is -2.18. The molecule has 0 aliphatic carbocycles.